The van der Waals surface area contributed by atoms with Crippen LogP contribution in [0.25, 0.3) is 0 Å². The van der Waals surface area contributed by atoms with Crippen molar-refractivity contribution in [1.29, 1.82) is 0 Å². The molecular weight excluding hydrogens is 218 g/mol. The lowest BCUT2D eigenvalue weighted by atomic mass is 10.3. The molecule has 0 unspecified atom stereocenters. The Balaban J connectivity index is 2.30. The topological polar surface area (TPSA) is 98.2 Å². The van der Waals surface area contributed by atoms with Gasteiger partial charge in [-0.1, -0.05) is 5.16 Å². The van der Waals surface area contributed by atoms with E-state index in [4.69, 9.17) is 10.3 Å². The summed E-state index contributed by atoms with van der Waals surface area (Å²) in [6.45, 7) is 0.655. The predicted octanol–water partition coefficient (Wildman–Crippen LogP) is -0.167. The number of aromatic nitrogens is 1. The SMILES string of the molecule is NCCCCS(=O)(=O)NCc1ccno1. The molecule has 3 N–H and O–H groups in total. The number of hydrogen-bond acceptors (Lipinski definition) is 5. The Labute approximate surface area is 88.9 Å². The smallest absolute Gasteiger partial charge is 0.212 e. The van der Waals surface area contributed by atoms with Crippen molar-refractivity contribution in [2.45, 2.75) is 19.4 Å². The van der Waals surface area contributed by atoms with Crippen LogP contribution in [0.5, 0.6) is 0 Å². The van der Waals surface area contributed by atoms with Gasteiger partial charge in [0, 0.05) is 6.07 Å². The van der Waals surface area contributed by atoms with Crippen molar-refractivity contribution in [3.05, 3.63) is 18.0 Å². The van der Waals surface area contributed by atoms with Gasteiger partial charge in [0.05, 0.1) is 18.5 Å². The number of nitrogens with two attached hydrogens (primary N) is 1. The minimum absolute atomic E-state index is 0.0956. The van der Waals surface area contributed by atoms with Crippen LogP contribution in [0.3, 0.4) is 0 Å². The second-order valence-corrected chi connectivity index (χ2v) is 5.04. The maximum absolute atomic E-state index is 11.4. The first-order valence-electron chi connectivity index (χ1n) is 4.71. The van der Waals surface area contributed by atoms with Crippen molar-refractivity contribution in [2.75, 3.05) is 12.3 Å². The highest BCUT2D eigenvalue weighted by atomic mass is 32.2. The van der Waals surface area contributed by atoms with Crippen molar-refractivity contribution in [2.24, 2.45) is 5.73 Å². The van der Waals surface area contributed by atoms with E-state index in [-0.39, 0.29) is 12.3 Å². The van der Waals surface area contributed by atoms with Crippen molar-refractivity contribution >= 4 is 10.0 Å². The normalized spacial score (nSPS) is 11.8. The number of nitrogens with zero attached hydrogens (tertiary/aromatic N) is 1. The third kappa shape index (κ3) is 4.91. The zero-order valence-electron chi connectivity index (χ0n) is 8.35. The number of unbranched alkanes of at least 4 members (excludes halogenated alkanes) is 1. The van der Waals surface area contributed by atoms with Crippen LogP contribution in [-0.2, 0) is 16.6 Å². The molecule has 1 rings (SSSR count). The first-order chi connectivity index (χ1) is 7.14. The number of hydrogen-bond donors (Lipinski definition) is 2. The molecule has 0 aliphatic heterocycles. The molecule has 0 saturated heterocycles. The van der Waals surface area contributed by atoms with Crippen molar-refractivity contribution in [3.8, 4) is 0 Å². The molecule has 86 valence electrons. The second-order valence-electron chi connectivity index (χ2n) is 3.11. The lowest BCUT2D eigenvalue weighted by molar-refractivity contribution is 0.380. The molecule has 6 nitrogen and oxygen atoms in total. The summed E-state index contributed by atoms with van der Waals surface area (Å²) in [5.41, 5.74) is 5.27. The molecule has 0 aromatic carbocycles. The summed E-state index contributed by atoms with van der Waals surface area (Å²) < 4.78 is 29.9. The van der Waals surface area contributed by atoms with E-state index in [0.717, 1.165) is 0 Å². The van der Waals surface area contributed by atoms with E-state index in [1.165, 1.54) is 6.20 Å². The number of sulfonamides is 1. The molecule has 0 saturated carbocycles. The average molecular weight is 233 g/mol. The molecule has 0 fully saturated rings. The fourth-order valence-electron chi connectivity index (χ4n) is 1.02. The summed E-state index contributed by atoms with van der Waals surface area (Å²) in [5.74, 6) is 0.593. The van der Waals surface area contributed by atoms with Crippen LogP contribution in [0, 0.1) is 0 Å². The third-order valence-electron chi connectivity index (χ3n) is 1.82. The third-order valence-corrected chi connectivity index (χ3v) is 3.24. The lowest BCUT2D eigenvalue weighted by Crippen LogP contribution is -2.26. The summed E-state index contributed by atoms with van der Waals surface area (Å²) in [6, 6.07) is 1.61. The molecule has 15 heavy (non-hydrogen) atoms. The Morgan fingerprint density at radius 3 is 2.87 bits per heavy atom. The van der Waals surface area contributed by atoms with Gasteiger partial charge in [0.2, 0.25) is 10.0 Å². The van der Waals surface area contributed by atoms with E-state index < -0.39 is 10.0 Å². The van der Waals surface area contributed by atoms with Crippen molar-refractivity contribution in [1.82, 2.24) is 9.88 Å². The van der Waals surface area contributed by atoms with Gasteiger partial charge in [-0.3, -0.25) is 0 Å². The van der Waals surface area contributed by atoms with E-state index >= 15 is 0 Å². The van der Waals surface area contributed by atoms with Crippen LogP contribution in [0.1, 0.15) is 18.6 Å². The van der Waals surface area contributed by atoms with Crippen LogP contribution >= 0.6 is 0 Å². The fourth-order valence-corrected chi connectivity index (χ4v) is 2.11. The Morgan fingerprint density at radius 1 is 1.47 bits per heavy atom. The molecule has 0 radical (unpaired) electrons. The lowest BCUT2D eigenvalue weighted by Gasteiger charge is -2.03. The predicted molar refractivity (Wildman–Crippen MR) is 55.4 cm³/mol. The summed E-state index contributed by atoms with van der Waals surface area (Å²) in [4.78, 5) is 0. The van der Waals surface area contributed by atoms with E-state index in [2.05, 4.69) is 9.88 Å². The van der Waals surface area contributed by atoms with Gasteiger partial charge in [0.15, 0.2) is 5.76 Å². The maximum Gasteiger partial charge on any atom is 0.212 e. The van der Waals surface area contributed by atoms with E-state index in [1.54, 1.807) is 6.07 Å². The van der Waals surface area contributed by atoms with E-state index in [9.17, 15) is 8.42 Å². The molecule has 0 aliphatic rings. The van der Waals surface area contributed by atoms with E-state index in [1.807, 2.05) is 0 Å². The van der Waals surface area contributed by atoms with Crippen LogP contribution in [0.15, 0.2) is 16.8 Å². The van der Waals surface area contributed by atoms with Crippen LogP contribution < -0.4 is 10.5 Å². The molecule has 0 aliphatic carbocycles. The van der Waals surface area contributed by atoms with Gasteiger partial charge < -0.3 is 10.3 Å². The molecule has 7 heteroatoms. The molecule has 1 aromatic heterocycles. The van der Waals surface area contributed by atoms with Crippen LogP contribution in [0.2, 0.25) is 0 Å². The van der Waals surface area contributed by atoms with Gasteiger partial charge in [-0.05, 0) is 19.4 Å². The zero-order chi connectivity index (χ0) is 11.1. The van der Waals surface area contributed by atoms with Crippen molar-refractivity contribution in [3.63, 3.8) is 0 Å². The number of rotatable bonds is 7. The molecule has 1 aromatic rings. The van der Waals surface area contributed by atoms with Gasteiger partial charge in [-0.25, -0.2) is 13.1 Å². The summed E-state index contributed by atoms with van der Waals surface area (Å²) >= 11 is 0. The summed E-state index contributed by atoms with van der Waals surface area (Å²) in [5, 5.41) is 3.47. The largest absolute Gasteiger partial charge is 0.360 e. The highest BCUT2D eigenvalue weighted by Crippen LogP contribution is 1.98. The number of nitrogens with one attached hydrogen (secondary N) is 1. The average Bonchev–Trinajstić information content (AvgIpc) is 2.68. The Hall–Kier alpha value is -0.920. The standard InChI is InChI=1S/C8H15N3O3S/c9-4-1-2-6-15(12,13)11-7-8-3-5-10-14-8/h3,5,11H,1-2,4,6-7,9H2. The quantitative estimate of drug-likeness (QED) is 0.637. The maximum atomic E-state index is 11.4. The van der Waals surface area contributed by atoms with Crippen LogP contribution in [0.4, 0.5) is 0 Å². The fraction of sp³-hybridized carbons (Fsp3) is 0.625. The van der Waals surface area contributed by atoms with Gasteiger partial charge >= 0.3 is 0 Å². The molecule has 0 spiro atoms. The zero-order valence-corrected chi connectivity index (χ0v) is 9.16. The molecule has 1 heterocycles. The molecule has 0 atom stereocenters. The molecular formula is C8H15N3O3S. The first kappa shape index (κ1) is 12.2. The molecule has 0 amide bonds. The van der Waals surface area contributed by atoms with Gasteiger partial charge in [-0.15, -0.1) is 0 Å². The summed E-state index contributed by atoms with van der Waals surface area (Å²) in [6.07, 6.45) is 2.75. The van der Waals surface area contributed by atoms with E-state index in [0.29, 0.717) is 25.1 Å². The monoisotopic (exact) mass is 233 g/mol. The Bertz CT molecular complexity index is 360. The summed E-state index contributed by atoms with van der Waals surface area (Å²) in [7, 11) is -3.22. The van der Waals surface area contributed by atoms with Gasteiger partial charge in [0.25, 0.3) is 0 Å². The second kappa shape index (κ2) is 5.84. The van der Waals surface area contributed by atoms with Gasteiger partial charge in [-0.2, -0.15) is 0 Å². The molecule has 0 bridgehead atoms. The van der Waals surface area contributed by atoms with Crippen LogP contribution in [-0.4, -0.2) is 25.9 Å². The minimum Gasteiger partial charge on any atom is -0.360 e. The van der Waals surface area contributed by atoms with Gasteiger partial charge in [0.1, 0.15) is 0 Å². The Kier molecular flexibility index (Phi) is 4.73. The first-order valence-corrected chi connectivity index (χ1v) is 6.36. The minimum atomic E-state index is -3.22. The highest BCUT2D eigenvalue weighted by Gasteiger charge is 2.10. The Morgan fingerprint density at radius 2 is 2.27 bits per heavy atom. The van der Waals surface area contributed by atoms with Crippen molar-refractivity contribution < 1.29 is 12.9 Å². The highest BCUT2D eigenvalue weighted by molar-refractivity contribution is 7.89.